The van der Waals surface area contributed by atoms with Crippen molar-refractivity contribution in [3.8, 4) is 0 Å². The number of carbonyl (C=O) groups is 1. The Morgan fingerprint density at radius 1 is 1.07 bits per heavy atom. The molecule has 4 aliphatic carbocycles. The molecule has 0 bridgehead atoms. The molecule has 13 unspecified atom stereocenters. The molecule has 0 spiro atoms. The average Bonchev–Trinajstić information content (AvgIpc) is 3.22. The predicted molar refractivity (Wildman–Crippen MR) is 164 cm³/mol. The van der Waals surface area contributed by atoms with Gasteiger partial charge < -0.3 is 40.1 Å². The number of ether oxygens (including phenoxy) is 2. The molecule has 1 heterocycles. The molecule has 9 nitrogen and oxygen atoms in total. The van der Waals surface area contributed by atoms with Crippen molar-refractivity contribution >= 4 is 5.97 Å². The molecule has 2 saturated carbocycles. The van der Waals surface area contributed by atoms with Crippen LogP contribution in [0.2, 0.25) is 0 Å². The number of carboxylic acids is 1. The lowest BCUT2D eigenvalue weighted by Crippen LogP contribution is -2.60. The van der Waals surface area contributed by atoms with Crippen LogP contribution >= 0.6 is 0 Å². The minimum Gasteiger partial charge on any atom is -0.480 e. The summed E-state index contributed by atoms with van der Waals surface area (Å²) in [5.41, 5.74) is 2.03. The molecule has 248 valence electrons. The normalized spacial score (nSPS) is 46.1. The molecule has 0 aromatic rings. The van der Waals surface area contributed by atoms with Gasteiger partial charge in [-0.3, -0.25) is 4.79 Å². The minimum atomic E-state index is -1.52. The summed E-state index contributed by atoms with van der Waals surface area (Å²) >= 11 is 0. The molecule has 1 aliphatic heterocycles. The molecule has 0 aromatic carbocycles. The van der Waals surface area contributed by atoms with Gasteiger partial charge in [0.15, 0.2) is 6.29 Å². The summed E-state index contributed by atoms with van der Waals surface area (Å²) in [6, 6.07) is 0. The molecule has 1 saturated heterocycles. The van der Waals surface area contributed by atoms with E-state index in [4.69, 9.17) is 9.47 Å². The molecule has 5 aliphatic rings. The minimum absolute atomic E-state index is 0.0115. The smallest absolute Gasteiger partial charge is 0.317 e. The Balaban J connectivity index is 1.42. The van der Waals surface area contributed by atoms with Crippen LogP contribution in [0.4, 0.5) is 0 Å². The second-order valence-corrected chi connectivity index (χ2v) is 15.1. The van der Waals surface area contributed by atoms with Crippen LogP contribution in [0.1, 0.15) is 92.4 Å². The van der Waals surface area contributed by atoms with Crippen LogP contribution in [0, 0.1) is 34.0 Å². The molecule has 0 aromatic heterocycles. The van der Waals surface area contributed by atoms with Crippen molar-refractivity contribution in [2.75, 3.05) is 6.61 Å². The Labute approximate surface area is 261 Å². The fourth-order valence-electron chi connectivity index (χ4n) is 10.3. The topological polar surface area (TPSA) is 157 Å². The van der Waals surface area contributed by atoms with Crippen molar-refractivity contribution in [2.24, 2.45) is 34.0 Å². The molecular weight excluding hydrogens is 564 g/mol. The van der Waals surface area contributed by atoms with Crippen LogP contribution in [0.25, 0.3) is 0 Å². The molecule has 0 amide bonds. The molecule has 44 heavy (non-hydrogen) atoms. The predicted octanol–water partition coefficient (Wildman–Crippen LogP) is 3.87. The number of hydrogen-bond donors (Lipinski definition) is 6. The number of aliphatic carboxylic acids is 1. The van der Waals surface area contributed by atoms with Gasteiger partial charge in [0.1, 0.15) is 29.8 Å². The van der Waals surface area contributed by atoms with Crippen LogP contribution in [0.15, 0.2) is 34.9 Å². The first kappa shape index (κ1) is 33.8. The van der Waals surface area contributed by atoms with Gasteiger partial charge in [0.25, 0.3) is 0 Å². The molecule has 5 rings (SSSR count). The van der Waals surface area contributed by atoms with E-state index in [1.54, 1.807) is 0 Å². The van der Waals surface area contributed by atoms with Crippen LogP contribution in [-0.4, -0.2) is 86.1 Å². The highest BCUT2D eigenvalue weighted by atomic mass is 16.7. The summed E-state index contributed by atoms with van der Waals surface area (Å²) in [7, 11) is 0. The Morgan fingerprint density at radius 2 is 1.77 bits per heavy atom. The number of carboxylic acid groups (broad SMARTS) is 1. The standard InChI is InChI=1S/C35H54O9/c1-18(2)8-7-9-19(3)24-16-27(37)35(32(41)42)23-11-10-21-20(4)25(13-14-33(21,5)22(23)12-15-34(24,35)6)43-31-30(40)29(39)28(38)26(17-36)44-31/h8,19,21,24-31,36-40H,4,7,9-17H2,1-3,5-6H3,(H,41,42). The largest absolute Gasteiger partial charge is 0.480 e. The van der Waals surface area contributed by atoms with E-state index in [2.05, 4.69) is 47.3 Å². The van der Waals surface area contributed by atoms with Gasteiger partial charge in [-0.15, -0.1) is 0 Å². The highest BCUT2D eigenvalue weighted by molar-refractivity contribution is 5.83. The van der Waals surface area contributed by atoms with Crippen LogP contribution in [-0.2, 0) is 14.3 Å². The van der Waals surface area contributed by atoms with E-state index in [-0.39, 0.29) is 23.2 Å². The monoisotopic (exact) mass is 618 g/mol. The van der Waals surface area contributed by atoms with Gasteiger partial charge in [-0.05, 0) is 106 Å². The number of allylic oxidation sites excluding steroid dienone is 3. The Kier molecular flexibility index (Phi) is 9.37. The third-order valence-corrected chi connectivity index (χ3v) is 12.7. The summed E-state index contributed by atoms with van der Waals surface area (Å²) in [4.78, 5) is 13.5. The molecule has 13 atom stereocenters. The third-order valence-electron chi connectivity index (χ3n) is 12.7. The first-order chi connectivity index (χ1) is 20.6. The van der Waals surface area contributed by atoms with Crippen molar-refractivity contribution in [3.05, 3.63) is 34.9 Å². The lowest BCUT2D eigenvalue weighted by molar-refractivity contribution is -0.310. The Bertz CT molecular complexity index is 1190. The fraction of sp³-hybridized carbons (Fsp3) is 0.800. The van der Waals surface area contributed by atoms with Crippen LogP contribution in [0.3, 0.4) is 0 Å². The molecule has 0 radical (unpaired) electrons. The highest BCUT2D eigenvalue weighted by Crippen LogP contribution is 2.72. The zero-order valence-corrected chi connectivity index (χ0v) is 27.0. The summed E-state index contributed by atoms with van der Waals surface area (Å²) in [5.74, 6) is -0.497. The quantitative estimate of drug-likeness (QED) is 0.222. The Hall–Kier alpha value is -1.59. The fourth-order valence-corrected chi connectivity index (χ4v) is 10.3. The van der Waals surface area contributed by atoms with Crippen LogP contribution in [0.5, 0.6) is 0 Å². The van der Waals surface area contributed by atoms with Gasteiger partial charge in [-0.1, -0.05) is 50.1 Å². The zero-order chi connectivity index (χ0) is 32.4. The first-order valence-electron chi connectivity index (χ1n) is 16.6. The summed E-state index contributed by atoms with van der Waals surface area (Å²) in [5, 5.41) is 63.4. The van der Waals surface area contributed by atoms with Gasteiger partial charge in [-0.2, -0.15) is 0 Å². The molecular formula is C35H54O9. The van der Waals surface area contributed by atoms with E-state index < -0.39 is 66.3 Å². The SMILES string of the molecule is C=C1C(OC2OC(CO)C(O)C(O)C2O)CCC2(C)C3=C(CCC12)C1(C(=O)O)C(O)CC(C(C)CCC=C(C)C)C1(C)CC3. The van der Waals surface area contributed by atoms with E-state index in [9.17, 15) is 35.4 Å². The van der Waals surface area contributed by atoms with E-state index in [1.807, 2.05) is 0 Å². The second-order valence-electron chi connectivity index (χ2n) is 15.1. The zero-order valence-electron chi connectivity index (χ0n) is 27.0. The average molecular weight is 619 g/mol. The molecule has 3 fully saturated rings. The van der Waals surface area contributed by atoms with Crippen molar-refractivity contribution in [1.29, 1.82) is 0 Å². The summed E-state index contributed by atoms with van der Waals surface area (Å²) < 4.78 is 11.8. The van der Waals surface area contributed by atoms with E-state index in [1.165, 1.54) is 5.57 Å². The van der Waals surface area contributed by atoms with Crippen molar-refractivity contribution in [1.82, 2.24) is 0 Å². The second kappa shape index (κ2) is 12.2. The molecule has 6 N–H and O–H groups in total. The van der Waals surface area contributed by atoms with Crippen molar-refractivity contribution in [2.45, 2.75) is 135 Å². The highest BCUT2D eigenvalue weighted by Gasteiger charge is 2.71. The summed E-state index contributed by atoms with van der Waals surface area (Å²) in [6.07, 6.45) is 0.527. The van der Waals surface area contributed by atoms with Gasteiger partial charge in [0.05, 0.1) is 18.8 Å². The number of fused-ring (bicyclic) bond motifs is 4. The number of aliphatic hydroxyl groups is 5. The van der Waals surface area contributed by atoms with Gasteiger partial charge in [0, 0.05) is 0 Å². The lowest BCUT2D eigenvalue weighted by Gasteiger charge is -2.59. The number of hydrogen-bond acceptors (Lipinski definition) is 8. The summed E-state index contributed by atoms with van der Waals surface area (Å²) in [6.45, 7) is 14.7. The van der Waals surface area contributed by atoms with E-state index in [0.717, 1.165) is 36.0 Å². The Morgan fingerprint density at radius 3 is 2.41 bits per heavy atom. The van der Waals surface area contributed by atoms with E-state index in [0.29, 0.717) is 38.5 Å². The maximum Gasteiger partial charge on any atom is 0.317 e. The maximum absolute atomic E-state index is 13.5. The van der Waals surface area contributed by atoms with Crippen LogP contribution < -0.4 is 0 Å². The van der Waals surface area contributed by atoms with E-state index >= 15 is 0 Å². The van der Waals surface area contributed by atoms with Crippen molar-refractivity contribution in [3.63, 3.8) is 0 Å². The van der Waals surface area contributed by atoms with Crippen molar-refractivity contribution < 1.29 is 44.9 Å². The third kappa shape index (κ3) is 4.97. The van der Waals surface area contributed by atoms with Gasteiger partial charge >= 0.3 is 5.97 Å². The van der Waals surface area contributed by atoms with Gasteiger partial charge in [-0.25, -0.2) is 0 Å². The lowest BCUT2D eigenvalue weighted by atomic mass is 9.45. The maximum atomic E-state index is 13.5. The number of aliphatic hydroxyl groups excluding tert-OH is 5. The first-order valence-corrected chi connectivity index (χ1v) is 16.6. The van der Waals surface area contributed by atoms with Gasteiger partial charge in [0.2, 0.25) is 0 Å². The molecule has 9 heteroatoms. The number of rotatable bonds is 8.